The van der Waals surface area contributed by atoms with Crippen molar-refractivity contribution in [2.24, 2.45) is 0 Å². The Bertz CT molecular complexity index is 553. The van der Waals surface area contributed by atoms with E-state index in [4.69, 9.17) is 0 Å². The van der Waals surface area contributed by atoms with Gasteiger partial charge in [-0.15, -0.1) is 22.7 Å². The van der Waals surface area contributed by atoms with Gasteiger partial charge in [-0.05, 0) is 12.1 Å². The molecular weight excluding hydrogens is 276 g/mol. The van der Waals surface area contributed by atoms with Crippen LogP contribution in [0.1, 0.15) is 0 Å². The highest BCUT2D eigenvalue weighted by Crippen LogP contribution is 2.05. The predicted molar refractivity (Wildman–Crippen MR) is 80.3 cm³/mol. The zero-order valence-electron chi connectivity index (χ0n) is 10.0. The van der Waals surface area contributed by atoms with Crippen LogP contribution in [0.5, 0.6) is 0 Å². The number of hydrogen-bond acceptors (Lipinski definition) is 5. The van der Waals surface area contributed by atoms with E-state index < -0.39 is 0 Å². The standard InChI is InChI=1S/C7H6N2.2C3H3NS/c1-2-4-7-6(3-1)8-5-9-7;2*1-2-5-3-4-1/h1-5H,(H,8,9);2*1-3H. The van der Waals surface area contributed by atoms with Gasteiger partial charge < -0.3 is 4.98 Å². The van der Waals surface area contributed by atoms with Crippen molar-refractivity contribution in [2.45, 2.75) is 0 Å². The Balaban J connectivity index is 0.000000114. The van der Waals surface area contributed by atoms with Crippen LogP contribution in [0, 0.1) is 0 Å². The zero-order chi connectivity index (χ0) is 13.2. The van der Waals surface area contributed by atoms with Gasteiger partial charge in [-0.2, -0.15) is 0 Å². The van der Waals surface area contributed by atoms with Gasteiger partial charge in [0.05, 0.1) is 28.4 Å². The van der Waals surface area contributed by atoms with Crippen molar-refractivity contribution in [2.75, 3.05) is 0 Å². The summed E-state index contributed by atoms with van der Waals surface area (Å²) in [6.07, 6.45) is 5.24. The average molecular weight is 288 g/mol. The highest BCUT2D eigenvalue weighted by Gasteiger charge is 1.88. The van der Waals surface area contributed by atoms with Crippen LogP contribution in [0.25, 0.3) is 11.0 Å². The molecule has 0 aliphatic carbocycles. The number of imidazole rings is 1. The lowest BCUT2D eigenvalue weighted by atomic mass is 10.3. The maximum atomic E-state index is 4.06. The SMILES string of the molecule is c1ccc2[nH]cnc2c1.c1cscn1.c1cscn1. The number of aromatic nitrogens is 4. The van der Waals surface area contributed by atoms with Gasteiger partial charge in [0, 0.05) is 23.2 Å². The van der Waals surface area contributed by atoms with Gasteiger partial charge in [-0.1, -0.05) is 12.1 Å². The predicted octanol–water partition coefficient (Wildman–Crippen LogP) is 3.85. The number of benzene rings is 1. The maximum absolute atomic E-state index is 4.06. The van der Waals surface area contributed by atoms with Crippen LogP contribution in [0.4, 0.5) is 0 Å². The number of nitrogens with one attached hydrogen (secondary N) is 1. The van der Waals surface area contributed by atoms with E-state index in [9.17, 15) is 0 Å². The Morgan fingerprint density at radius 1 is 0.895 bits per heavy atom. The minimum atomic E-state index is 1.03. The highest BCUT2D eigenvalue weighted by molar-refractivity contribution is 7.07. The van der Waals surface area contributed by atoms with Gasteiger partial charge in [0.2, 0.25) is 0 Å². The Morgan fingerprint density at radius 3 is 2.05 bits per heavy atom. The van der Waals surface area contributed by atoms with E-state index in [0.717, 1.165) is 11.0 Å². The van der Waals surface area contributed by atoms with Crippen LogP contribution in [-0.4, -0.2) is 19.9 Å². The summed E-state index contributed by atoms with van der Waals surface area (Å²) in [5, 5.41) is 3.86. The molecule has 19 heavy (non-hydrogen) atoms. The molecule has 96 valence electrons. The molecule has 4 nitrogen and oxygen atoms in total. The number of nitrogens with zero attached hydrogens (tertiary/aromatic N) is 3. The van der Waals surface area contributed by atoms with Crippen molar-refractivity contribution in [1.82, 2.24) is 19.9 Å². The second kappa shape index (κ2) is 8.12. The summed E-state index contributed by atoms with van der Waals surface area (Å²) < 4.78 is 0. The summed E-state index contributed by atoms with van der Waals surface area (Å²) in [5.74, 6) is 0. The van der Waals surface area contributed by atoms with E-state index in [0.29, 0.717) is 0 Å². The summed E-state index contributed by atoms with van der Waals surface area (Å²) in [4.78, 5) is 14.6. The normalized spacial score (nSPS) is 9.05. The molecule has 1 aromatic carbocycles. The first kappa shape index (κ1) is 13.4. The first-order valence-corrected chi connectivity index (χ1v) is 7.38. The second-order valence-corrected chi connectivity index (χ2v) is 4.78. The van der Waals surface area contributed by atoms with E-state index in [-0.39, 0.29) is 0 Å². The molecule has 0 fully saturated rings. The van der Waals surface area contributed by atoms with Crippen LogP contribution < -0.4 is 0 Å². The Labute approximate surface area is 118 Å². The molecule has 0 saturated carbocycles. The third-order valence-electron chi connectivity index (χ3n) is 2.02. The Hall–Kier alpha value is -2.05. The van der Waals surface area contributed by atoms with E-state index in [1.165, 1.54) is 0 Å². The number of rotatable bonds is 0. The van der Waals surface area contributed by atoms with Crippen molar-refractivity contribution in [1.29, 1.82) is 0 Å². The Morgan fingerprint density at radius 2 is 1.58 bits per heavy atom. The van der Waals surface area contributed by atoms with Crippen molar-refractivity contribution in [3.8, 4) is 0 Å². The van der Waals surface area contributed by atoms with E-state index in [2.05, 4.69) is 19.9 Å². The Kier molecular flexibility index (Phi) is 5.72. The molecule has 4 rings (SSSR count). The maximum Gasteiger partial charge on any atom is 0.0931 e. The first-order chi connectivity index (χ1) is 9.47. The van der Waals surface area contributed by atoms with Crippen LogP contribution in [-0.2, 0) is 0 Å². The van der Waals surface area contributed by atoms with Crippen molar-refractivity contribution >= 4 is 33.7 Å². The molecule has 0 atom stereocenters. The lowest BCUT2D eigenvalue weighted by Crippen LogP contribution is -1.63. The number of aromatic amines is 1. The van der Waals surface area contributed by atoms with Gasteiger partial charge in [-0.3, -0.25) is 9.97 Å². The fourth-order valence-electron chi connectivity index (χ4n) is 1.23. The van der Waals surface area contributed by atoms with Crippen molar-refractivity contribution in [3.63, 3.8) is 0 Å². The van der Waals surface area contributed by atoms with Crippen LogP contribution >= 0.6 is 22.7 Å². The topological polar surface area (TPSA) is 54.5 Å². The lowest BCUT2D eigenvalue weighted by molar-refractivity contribution is 1.34. The summed E-state index contributed by atoms with van der Waals surface area (Å²) in [7, 11) is 0. The number of fused-ring (bicyclic) bond motifs is 1. The molecule has 0 saturated heterocycles. The molecule has 0 aliphatic heterocycles. The van der Waals surface area contributed by atoms with Gasteiger partial charge in [-0.25, -0.2) is 4.98 Å². The van der Waals surface area contributed by atoms with E-state index in [1.54, 1.807) is 52.4 Å². The van der Waals surface area contributed by atoms with Gasteiger partial charge in [0.1, 0.15) is 0 Å². The number of hydrogen-bond donors (Lipinski definition) is 1. The van der Waals surface area contributed by atoms with Crippen LogP contribution in [0.3, 0.4) is 0 Å². The highest BCUT2D eigenvalue weighted by atomic mass is 32.1. The summed E-state index contributed by atoms with van der Waals surface area (Å²) in [6, 6.07) is 7.94. The molecule has 3 aromatic heterocycles. The smallest absolute Gasteiger partial charge is 0.0931 e. The average Bonchev–Trinajstić information content (AvgIpc) is 3.22. The molecule has 6 heteroatoms. The second-order valence-electron chi connectivity index (χ2n) is 3.27. The zero-order valence-corrected chi connectivity index (χ0v) is 11.6. The summed E-state index contributed by atoms with van der Waals surface area (Å²) in [5.41, 5.74) is 5.70. The monoisotopic (exact) mass is 288 g/mol. The van der Waals surface area contributed by atoms with Crippen molar-refractivity contribution < 1.29 is 0 Å². The molecule has 4 aromatic rings. The number of para-hydroxylation sites is 2. The molecule has 1 N–H and O–H groups in total. The van der Waals surface area contributed by atoms with E-state index in [1.807, 2.05) is 35.0 Å². The molecule has 0 radical (unpaired) electrons. The van der Waals surface area contributed by atoms with Crippen LogP contribution in [0.15, 0.2) is 64.8 Å². The van der Waals surface area contributed by atoms with Crippen LogP contribution in [0.2, 0.25) is 0 Å². The summed E-state index contributed by atoms with van der Waals surface area (Å²) >= 11 is 3.20. The largest absolute Gasteiger partial charge is 0.345 e. The quantitative estimate of drug-likeness (QED) is 0.534. The number of H-pyrrole nitrogens is 1. The minimum Gasteiger partial charge on any atom is -0.345 e. The molecule has 3 heterocycles. The van der Waals surface area contributed by atoms with Gasteiger partial charge >= 0.3 is 0 Å². The minimum absolute atomic E-state index is 1.03. The summed E-state index contributed by atoms with van der Waals surface area (Å²) in [6.45, 7) is 0. The van der Waals surface area contributed by atoms with Gasteiger partial charge in [0.15, 0.2) is 0 Å². The molecule has 0 spiro atoms. The fourth-order valence-corrected chi connectivity index (χ4v) is 1.93. The van der Waals surface area contributed by atoms with Gasteiger partial charge in [0.25, 0.3) is 0 Å². The molecule has 0 unspecified atom stereocenters. The van der Waals surface area contributed by atoms with Crippen molar-refractivity contribution in [3.05, 3.63) is 64.8 Å². The fraction of sp³-hybridized carbons (Fsp3) is 0. The molecular formula is C13H12N4S2. The first-order valence-electron chi connectivity index (χ1n) is 5.49. The third kappa shape index (κ3) is 4.99. The lowest BCUT2D eigenvalue weighted by Gasteiger charge is -1.81. The van der Waals surface area contributed by atoms with E-state index >= 15 is 0 Å². The third-order valence-corrected chi connectivity index (χ3v) is 3.07. The molecule has 0 amide bonds. The number of thiazole rings is 2. The molecule has 0 bridgehead atoms. The molecule has 0 aliphatic rings.